The van der Waals surface area contributed by atoms with Gasteiger partial charge >= 0.3 is 0 Å². The minimum Gasteiger partial charge on any atom is -0.497 e. The Hall–Kier alpha value is -4.91. The van der Waals surface area contributed by atoms with Gasteiger partial charge in [-0.25, -0.2) is 4.90 Å². The maximum absolute atomic E-state index is 14.3. The van der Waals surface area contributed by atoms with Crippen molar-refractivity contribution in [3.05, 3.63) is 119 Å². The molecule has 7 nitrogen and oxygen atoms in total. The molecule has 2 bridgehead atoms. The highest BCUT2D eigenvalue weighted by Crippen LogP contribution is 2.67. The summed E-state index contributed by atoms with van der Waals surface area (Å²) < 4.78 is 10.6. The van der Waals surface area contributed by atoms with Gasteiger partial charge in [-0.3, -0.25) is 14.4 Å². The van der Waals surface area contributed by atoms with Crippen molar-refractivity contribution < 1.29 is 23.9 Å². The number of nitrogens with zero attached hydrogens (tertiary/aromatic N) is 1. The fourth-order valence-electron chi connectivity index (χ4n) is 7.23. The van der Waals surface area contributed by atoms with Crippen molar-refractivity contribution in [3.63, 3.8) is 0 Å². The predicted molar refractivity (Wildman–Crippen MR) is 155 cm³/mol. The molecule has 0 unspecified atom stereocenters. The molecular weight excluding hydrogens is 516 g/mol. The Bertz CT molecular complexity index is 1700. The van der Waals surface area contributed by atoms with Crippen LogP contribution < -0.4 is 19.7 Å². The van der Waals surface area contributed by atoms with Crippen molar-refractivity contribution >= 4 is 29.1 Å². The van der Waals surface area contributed by atoms with Crippen LogP contribution in [0.5, 0.6) is 11.5 Å². The topological polar surface area (TPSA) is 84.9 Å². The second-order valence-electron chi connectivity index (χ2n) is 11.0. The second-order valence-corrected chi connectivity index (χ2v) is 11.0. The number of anilines is 2. The van der Waals surface area contributed by atoms with Gasteiger partial charge in [0.2, 0.25) is 11.8 Å². The number of amides is 3. The van der Waals surface area contributed by atoms with E-state index >= 15 is 0 Å². The van der Waals surface area contributed by atoms with Crippen molar-refractivity contribution in [2.75, 3.05) is 24.4 Å². The molecule has 204 valence electrons. The van der Waals surface area contributed by atoms with Crippen LogP contribution in [0.2, 0.25) is 0 Å². The van der Waals surface area contributed by atoms with E-state index in [-0.39, 0.29) is 29.6 Å². The maximum atomic E-state index is 14.3. The van der Waals surface area contributed by atoms with Gasteiger partial charge in [-0.15, -0.1) is 0 Å². The minimum absolute atomic E-state index is 0.193. The fraction of sp³-hybridized carbons (Fsp3) is 0.206. The third kappa shape index (κ3) is 3.41. The molecule has 2 atom stereocenters. The normalized spacial score (nSPS) is 23.5. The minimum atomic E-state index is -0.913. The molecule has 1 saturated heterocycles. The SMILES string of the molecule is COc1ccc(OC)c(NC(=O)c2ccc(N3C(=O)[C@H]4C5c6ccccc6C(c6ccccc65)[C@]4(C)C3=O)cc2)c1. The first-order valence-corrected chi connectivity index (χ1v) is 13.6. The number of carbonyl (C=O) groups is 3. The van der Waals surface area contributed by atoms with Crippen molar-refractivity contribution in [1.82, 2.24) is 0 Å². The third-order valence-electron chi connectivity index (χ3n) is 9.06. The van der Waals surface area contributed by atoms with Crippen molar-refractivity contribution in [2.24, 2.45) is 11.3 Å². The van der Waals surface area contributed by atoms with E-state index < -0.39 is 11.3 Å². The largest absolute Gasteiger partial charge is 0.497 e. The lowest BCUT2D eigenvalue weighted by Gasteiger charge is -2.51. The molecule has 0 saturated carbocycles. The number of benzene rings is 4. The number of imide groups is 1. The molecule has 0 aromatic heterocycles. The number of carbonyl (C=O) groups excluding carboxylic acids is 3. The van der Waals surface area contributed by atoms with E-state index in [1.54, 1.807) is 49.6 Å². The Kier molecular flexibility index (Phi) is 5.54. The summed E-state index contributed by atoms with van der Waals surface area (Å²) in [5.74, 6) is -0.595. The molecule has 8 rings (SSSR count). The summed E-state index contributed by atoms with van der Waals surface area (Å²) in [6.07, 6.45) is 0. The number of nitrogens with one attached hydrogen (secondary N) is 1. The average molecular weight is 545 g/mol. The van der Waals surface area contributed by atoms with Crippen LogP contribution in [0, 0.1) is 11.3 Å². The lowest BCUT2D eigenvalue weighted by molar-refractivity contribution is -0.128. The Morgan fingerprint density at radius 2 is 1.41 bits per heavy atom. The average Bonchev–Trinajstić information content (AvgIpc) is 3.21. The van der Waals surface area contributed by atoms with Crippen LogP contribution in [-0.2, 0) is 9.59 Å². The third-order valence-corrected chi connectivity index (χ3v) is 9.06. The van der Waals surface area contributed by atoms with Gasteiger partial charge in [-0.1, -0.05) is 48.5 Å². The summed E-state index contributed by atoms with van der Waals surface area (Å²) in [5, 5.41) is 2.85. The van der Waals surface area contributed by atoms with E-state index in [4.69, 9.17) is 9.47 Å². The Balaban J connectivity index is 1.22. The first kappa shape index (κ1) is 25.1. The van der Waals surface area contributed by atoms with Gasteiger partial charge in [0.1, 0.15) is 11.5 Å². The molecular formula is C34H28N2O5. The number of hydrogen-bond acceptors (Lipinski definition) is 5. The van der Waals surface area contributed by atoms with Gasteiger partial charge in [0.25, 0.3) is 5.91 Å². The lowest BCUT2D eigenvalue weighted by atomic mass is 9.48. The first-order chi connectivity index (χ1) is 19.9. The van der Waals surface area contributed by atoms with E-state index in [1.165, 1.54) is 12.0 Å². The van der Waals surface area contributed by atoms with Crippen LogP contribution in [0.4, 0.5) is 11.4 Å². The van der Waals surface area contributed by atoms with Crippen LogP contribution in [0.15, 0.2) is 91.0 Å². The molecule has 0 radical (unpaired) electrons. The number of ether oxygens (including phenoxy) is 2. The van der Waals surface area contributed by atoms with Crippen LogP contribution >= 0.6 is 0 Å². The monoisotopic (exact) mass is 544 g/mol. The van der Waals surface area contributed by atoms with Crippen molar-refractivity contribution in [3.8, 4) is 11.5 Å². The molecule has 1 aliphatic heterocycles. The molecule has 41 heavy (non-hydrogen) atoms. The fourth-order valence-corrected chi connectivity index (χ4v) is 7.23. The molecule has 1 fully saturated rings. The zero-order chi connectivity index (χ0) is 28.5. The van der Waals surface area contributed by atoms with Gasteiger partial charge in [-0.2, -0.15) is 0 Å². The summed E-state index contributed by atoms with van der Waals surface area (Å²) in [6.45, 7) is 1.95. The molecule has 3 aliphatic carbocycles. The predicted octanol–water partition coefficient (Wildman–Crippen LogP) is 5.74. The van der Waals surface area contributed by atoms with E-state index in [2.05, 4.69) is 29.6 Å². The second kappa shape index (κ2) is 9.06. The van der Waals surface area contributed by atoms with Gasteiger partial charge in [-0.05, 0) is 65.6 Å². The smallest absolute Gasteiger partial charge is 0.255 e. The van der Waals surface area contributed by atoms with Gasteiger partial charge in [0, 0.05) is 23.5 Å². The summed E-state index contributed by atoms with van der Waals surface area (Å²) >= 11 is 0. The van der Waals surface area contributed by atoms with Crippen LogP contribution in [0.25, 0.3) is 0 Å². The zero-order valence-corrected chi connectivity index (χ0v) is 22.9. The van der Waals surface area contributed by atoms with Gasteiger partial charge < -0.3 is 14.8 Å². The molecule has 0 spiro atoms. The molecule has 1 heterocycles. The summed E-state index contributed by atoms with van der Waals surface area (Å²) in [5.41, 5.74) is 4.89. The highest BCUT2D eigenvalue weighted by molar-refractivity contribution is 6.25. The summed E-state index contributed by atoms with van der Waals surface area (Å²) in [6, 6.07) is 28.1. The Morgan fingerprint density at radius 3 is 2.00 bits per heavy atom. The van der Waals surface area contributed by atoms with Gasteiger partial charge in [0.05, 0.1) is 36.9 Å². The van der Waals surface area contributed by atoms with Crippen LogP contribution in [0.1, 0.15) is 51.4 Å². The molecule has 1 N–H and O–H groups in total. The van der Waals surface area contributed by atoms with Crippen LogP contribution in [-0.4, -0.2) is 31.9 Å². The standard InChI is InChI=1S/C34H28N2O5/c1-34-29-24-10-6-4-8-22(24)28(23-9-5-7-11-25(23)29)30(34)32(38)36(33(34)39)20-14-12-19(13-15-20)31(37)35-26-18-21(40-2)16-17-27(26)41-3/h4-18,28-30H,1-3H3,(H,35,37)/t28?,29?,30-,34+/m1/s1. The summed E-state index contributed by atoms with van der Waals surface area (Å²) in [4.78, 5) is 42.8. The van der Waals surface area contributed by atoms with Crippen LogP contribution in [0.3, 0.4) is 0 Å². The first-order valence-electron chi connectivity index (χ1n) is 13.6. The quantitative estimate of drug-likeness (QED) is 0.324. The molecule has 4 aromatic carbocycles. The highest BCUT2D eigenvalue weighted by atomic mass is 16.5. The number of hydrogen-bond donors (Lipinski definition) is 1. The zero-order valence-electron chi connectivity index (χ0n) is 22.9. The van der Waals surface area contributed by atoms with E-state index in [0.29, 0.717) is 28.4 Å². The molecule has 4 aliphatic rings. The van der Waals surface area contributed by atoms with Crippen molar-refractivity contribution in [2.45, 2.75) is 18.8 Å². The number of methoxy groups -OCH3 is 2. The number of rotatable bonds is 5. The summed E-state index contributed by atoms with van der Waals surface area (Å²) in [7, 11) is 3.07. The Morgan fingerprint density at radius 1 is 0.805 bits per heavy atom. The van der Waals surface area contributed by atoms with Gasteiger partial charge in [0.15, 0.2) is 0 Å². The van der Waals surface area contributed by atoms with Crippen molar-refractivity contribution in [1.29, 1.82) is 0 Å². The Labute approximate surface area is 237 Å². The maximum Gasteiger partial charge on any atom is 0.255 e. The molecule has 4 aromatic rings. The highest BCUT2D eigenvalue weighted by Gasteiger charge is 2.68. The van der Waals surface area contributed by atoms with E-state index in [1.807, 2.05) is 31.2 Å². The lowest BCUT2D eigenvalue weighted by Crippen LogP contribution is -2.49. The van der Waals surface area contributed by atoms with E-state index in [0.717, 1.165) is 22.3 Å². The van der Waals surface area contributed by atoms with E-state index in [9.17, 15) is 14.4 Å². The molecule has 7 heteroatoms. The molecule has 3 amide bonds.